The minimum absolute atomic E-state index is 0.0363. The summed E-state index contributed by atoms with van der Waals surface area (Å²) in [4.78, 5) is 31.7. The Morgan fingerprint density at radius 1 is 1.26 bits per heavy atom. The standard InChI is InChI=1S/C11H14N2O6/c1-5-7(3)10(13(17)18)9(8(4)12(15)16)11(14)19-6-2/h5H,1,6H2,2-4H3/b9-8-,10-7+. The average Bonchev–Trinajstić information content (AvgIpc) is 2.33. The van der Waals surface area contributed by atoms with E-state index in [9.17, 15) is 25.0 Å². The van der Waals surface area contributed by atoms with Gasteiger partial charge in [0.2, 0.25) is 5.57 Å². The zero-order valence-electron chi connectivity index (χ0n) is 10.8. The van der Waals surface area contributed by atoms with Crippen LogP contribution in [0.3, 0.4) is 0 Å². The molecule has 0 spiro atoms. The van der Waals surface area contributed by atoms with Gasteiger partial charge in [-0.05, 0) is 13.8 Å². The third-order valence-corrected chi connectivity index (χ3v) is 2.21. The van der Waals surface area contributed by atoms with Gasteiger partial charge in [0.25, 0.3) is 11.4 Å². The number of rotatable bonds is 6. The Labute approximate surface area is 109 Å². The molecule has 0 aromatic heterocycles. The first-order valence-electron chi connectivity index (χ1n) is 5.28. The first-order valence-corrected chi connectivity index (χ1v) is 5.28. The van der Waals surface area contributed by atoms with Crippen LogP contribution in [0.15, 0.2) is 35.2 Å². The molecule has 0 aliphatic carbocycles. The second-order valence-corrected chi connectivity index (χ2v) is 3.43. The summed E-state index contributed by atoms with van der Waals surface area (Å²) in [5.74, 6) is -1.11. The topological polar surface area (TPSA) is 113 Å². The number of nitro groups is 2. The molecule has 0 aliphatic heterocycles. The lowest BCUT2D eigenvalue weighted by molar-refractivity contribution is -0.436. The molecule has 0 rings (SSSR count). The minimum atomic E-state index is -1.11. The van der Waals surface area contributed by atoms with Crippen molar-refractivity contribution in [3.05, 3.63) is 55.4 Å². The van der Waals surface area contributed by atoms with Gasteiger partial charge in [0.05, 0.1) is 16.5 Å². The number of ether oxygens (including phenoxy) is 1. The third kappa shape index (κ3) is 4.02. The van der Waals surface area contributed by atoms with Gasteiger partial charge >= 0.3 is 5.97 Å². The van der Waals surface area contributed by atoms with Crippen LogP contribution in [0.1, 0.15) is 20.8 Å². The summed E-state index contributed by atoms with van der Waals surface area (Å²) in [7, 11) is 0. The fraction of sp³-hybridized carbons (Fsp3) is 0.364. The number of esters is 1. The number of nitrogens with zero attached hydrogens (tertiary/aromatic N) is 2. The lowest BCUT2D eigenvalue weighted by Gasteiger charge is -2.06. The molecule has 0 aromatic rings. The molecule has 0 aromatic carbocycles. The predicted molar refractivity (Wildman–Crippen MR) is 66.2 cm³/mol. The largest absolute Gasteiger partial charge is 0.462 e. The van der Waals surface area contributed by atoms with Crippen LogP contribution in [0, 0.1) is 20.2 Å². The van der Waals surface area contributed by atoms with Crippen molar-refractivity contribution < 1.29 is 19.4 Å². The molecule has 0 saturated heterocycles. The van der Waals surface area contributed by atoms with Crippen LogP contribution in [0.4, 0.5) is 0 Å². The molecule has 0 atom stereocenters. The smallest absolute Gasteiger partial charge is 0.351 e. The van der Waals surface area contributed by atoms with Gasteiger partial charge in [0.1, 0.15) is 0 Å². The van der Waals surface area contributed by atoms with Crippen LogP contribution in [0.25, 0.3) is 0 Å². The summed E-state index contributed by atoms with van der Waals surface area (Å²) in [6.45, 7) is 7.13. The molecule has 0 unspecified atom stereocenters. The van der Waals surface area contributed by atoms with Crippen LogP contribution in [0.5, 0.6) is 0 Å². The number of hydrogen-bond donors (Lipinski definition) is 0. The van der Waals surface area contributed by atoms with Gasteiger partial charge in [-0.3, -0.25) is 20.2 Å². The fourth-order valence-electron chi connectivity index (χ4n) is 1.24. The molecular formula is C11H14N2O6. The van der Waals surface area contributed by atoms with Gasteiger partial charge in [-0.25, -0.2) is 4.79 Å². The van der Waals surface area contributed by atoms with Gasteiger partial charge in [-0.1, -0.05) is 12.7 Å². The van der Waals surface area contributed by atoms with Crippen molar-refractivity contribution >= 4 is 5.97 Å². The lowest BCUT2D eigenvalue weighted by Crippen LogP contribution is -2.19. The molecule has 8 heteroatoms. The fourth-order valence-corrected chi connectivity index (χ4v) is 1.24. The van der Waals surface area contributed by atoms with Gasteiger partial charge in [0.15, 0.2) is 0 Å². The minimum Gasteiger partial charge on any atom is -0.462 e. The molecular weight excluding hydrogens is 256 g/mol. The maximum absolute atomic E-state index is 11.7. The highest BCUT2D eigenvalue weighted by Crippen LogP contribution is 2.22. The Balaban J connectivity index is 6.22. The van der Waals surface area contributed by atoms with Gasteiger partial charge in [0, 0.05) is 12.5 Å². The van der Waals surface area contributed by atoms with E-state index in [0.717, 1.165) is 13.0 Å². The summed E-state index contributed by atoms with van der Waals surface area (Å²) >= 11 is 0. The molecule has 0 fully saturated rings. The number of allylic oxidation sites excluding steroid dienone is 3. The zero-order chi connectivity index (χ0) is 15.2. The predicted octanol–water partition coefficient (Wildman–Crippen LogP) is 1.84. The summed E-state index contributed by atoms with van der Waals surface area (Å²) in [6.07, 6.45) is 1.14. The van der Waals surface area contributed by atoms with Crippen LogP contribution in [0.2, 0.25) is 0 Å². The molecule has 0 heterocycles. The number of hydrogen-bond acceptors (Lipinski definition) is 6. The molecule has 0 radical (unpaired) electrons. The number of carbonyl (C=O) groups is 1. The molecule has 0 amide bonds. The van der Waals surface area contributed by atoms with E-state index in [1.165, 1.54) is 13.8 Å². The highest BCUT2D eigenvalue weighted by Gasteiger charge is 2.34. The quantitative estimate of drug-likeness (QED) is 0.239. The Bertz CT molecular complexity index is 489. The van der Waals surface area contributed by atoms with Crippen molar-refractivity contribution in [2.24, 2.45) is 0 Å². The van der Waals surface area contributed by atoms with Gasteiger partial charge in [-0.15, -0.1) is 0 Å². The molecule has 104 valence electrons. The van der Waals surface area contributed by atoms with Gasteiger partial charge in [-0.2, -0.15) is 0 Å². The second kappa shape index (κ2) is 7.04. The summed E-state index contributed by atoms with van der Waals surface area (Å²) in [5.41, 5.74) is -1.96. The van der Waals surface area contributed by atoms with E-state index in [1.54, 1.807) is 0 Å². The van der Waals surface area contributed by atoms with Crippen LogP contribution >= 0.6 is 0 Å². The Hall–Kier alpha value is -2.51. The molecule has 19 heavy (non-hydrogen) atoms. The third-order valence-electron chi connectivity index (χ3n) is 2.21. The normalized spacial score (nSPS) is 13.0. The van der Waals surface area contributed by atoms with Crippen LogP contribution in [-0.2, 0) is 9.53 Å². The molecule has 8 nitrogen and oxygen atoms in total. The first kappa shape index (κ1) is 16.5. The van der Waals surface area contributed by atoms with E-state index in [1.807, 2.05) is 0 Å². The maximum Gasteiger partial charge on any atom is 0.351 e. The van der Waals surface area contributed by atoms with Crippen molar-refractivity contribution in [3.63, 3.8) is 0 Å². The van der Waals surface area contributed by atoms with Crippen LogP contribution < -0.4 is 0 Å². The van der Waals surface area contributed by atoms with Crippen LogP contribution in [-0.4, -0.2) is 22.4 Å². The summed E-state index contributed by atoms with van der Waals surface area (Å²) in [5, 5.41) is 21.8. The molecule has 0 N–H and O–H groups in total. The molecule has 0 bridgehead atoms. The van der Waals surface area contributed by atoms with E-state index in [4.69, 9.17) is 0 Å². The molecule has 0 aliphatic rings. The Morgan fingerprint density at radius 3 is 2.11 bits per heavy atom. The van der Waals surface area contributed by atoms with E-state index in [0.29, 0.717) is 0 Å². The van der Waals surface area contributed by atoms with E-state index in [2.05, 4.69) is 11.3 Å². The Kier molecular flexibility index (Phi) is 6.11. The second-order valence-electron chi connectivity index (χ2n) is 3.43. The van der Waals surface area contributed by atoms with Gasteiger partial charge < -0.3 is 4.74 Å². The average molecular weight is 270 g/mol. The first-order chi connectivity index (χ1) is 8.77. The lowest BCUT2D eigenvalue weighted by atomic mass is 10.1. The number of carbonyl (C=O) groups excluding carboxylic acids is 1. The van der Waals surface area contributed by atoms with Crippen molar-refractivity contribution in [2.75, 3.05) is 6.61 Å². The van der Waals surface area contributed by atoms with Crippen molar-refractivity contribution in [2.45, 2.75) is 20.8 Å². The van der Waals surface area contributed by atoms with Crippen molar-refractivity contribution in [1.82, 2.24) is 0 Å². The molecule has 0 saturated carbocycles. The van der Waals surface area contributed by atoms with Crippen molar-refractivity contribution in [1.29, 1.82) is 0 Å². The zero-order valence-corrected chi connectivity index (χ0v) is 10.8. The highest BCUT2D eigenvalue weighted by molar-refractivity contribution is 5.93. The van der Waals surface area contributed by atoms with Crippen molar-refractivity contribution in [3.8, 4) is 0 Å². The SMILES string of the molecule is C=C/C(C)=C(\C(C(=O)OCC)=C(/C)[N+](=O)[O-])[N+](=O)[O-]. The monoisotopic (exact) mass is 270 g/mol. The highest BCUT2D eigenvalue weighted by atomic mass is 16.6. The summed E-state index contributed by atoms with van der Waals surface area (Å²) < 4.78 is 4.63. The maximum atomic E-state index is 11.7. The van der Waals surface area contributed by atoms with E-state index in [-0.39, 0.29) is 12.2 Å². The summed E-state index contributed by atoms with van der Waals surface area (Å²) in [6, 6.07) is 0. The van der Waals surface area contributed by atoms with E-state index >= 15 is 0 Å². The van der Waals surface area contributed by atoms with E-state index < -0.39 is 32.8 Å². The Morgan fingerprint density at radius 2 is 1.79 bits per heavy atom.